The van der Waals surface area contributed by atoms with Crippen molar-refractivity contribution in [3.05, 3.63) is 34.9 Å². The second-order valence-corrected chi connectivity index (χ2v) is 4.39. The number of unbranched alkanes of at least 4 members (excludes halogenated alkanes) is 1. The number of aryl methyl sites for hydroxylation is 1. The Morgan fingerprint density at radius 1 is 1.08 bits per heavy atom. The third kappa shape index (κ3) is 3.81. The maximum atomic E-state index is 5.77. The molecule has 0 unspecified atom stereocenters. The Morgan fingerprint density at radius 2 is 1.75 bits per heavy atom. The molecule has 0 saturated carbocycles. The van der Waals surface area contributed by atoms with Crippen LogP contribution in [0, 0.1) is 0 Å². The molecule has 0 saturated heterocycles. The van der Waals surface area contributed by atoms with Crippen LogP contribution in [0.3, 0.4) is 0 Å². The van der Waals surface area contributed by atoms with Gasteiger partial charge in [0, 0.05) is 0 Å². The summed E-state index contributed by atoms with van der Waals surface area (Å²) in [6, 6.07) is 8.14. The average molecular weight is 295 g/mol. The van der Waals surface area contributed by atoms with E-state index in [0.29, 0.717) is 0 Å². The number of benzene rings is 1. The first-order valence-electron chi connectivity index (χ1n) is 4.15. The van der Waals surface area contributed by atoms with E-state index in [1.165, 1.54) is 29.3 Å². The fraction of sp³-hybridized carbons (Fsp3) is 0.400. The van der Waals surface area contributed by atoms with E-state index in [1.807, 2.05) is 12.1 Å². The van der Waals surface area contributed by atoms with Crippen molar-refractivity contribution in [1.29, 1.82) is 0 Å². The molecule has 1 aromatic rings. The molecule has 0 aliphatic rings. The van der Waals surface area contributed by atoms with Gasteiger partial charge in [-0.1, -0.05) is 0 Å². The molecule has 0 spiro atoms. The van der Waals surface area contributed by atoms with Crippen LogP contribution >= 0.6 is 11.6 Å². The van der Waals surface area contributed by atoms with Crippen molar-refractivity contribution in [2.45, 2.75) is 23.7 Å². The van der Waals surface area contributed by atoms with Gasteiger partial charge in [0.2, 0.25) is 0 Å². The zero-order valence-corrected chi connectivity index (χ0v) is 10.0. The van der Waals surface area contributed by atoms with E-state index in [4.69, 9.17) is 11.6 Å². The summed E-state index contributed by atoms with van der Waals surface area (Å²) in [6.45, 7) is 0. The van der Waals surface area contributed by atoms with E-state index in [0.717, 1.165) is 5.02 Å². The molecule has 1 aromatic carbocycles. The van der Waals surface area contributed by atoms with Gasteiger partial charge in [-0.2, -0.15) is 0 Å². The molecule has 0 bridgehead atoms. The van der Waals surface area contributed by atoms with E-state index in [-0.39, 0.29) is 0 Å². The minimum atomic E-state index is 0.828. The van der Waals surface area contributed by atoms with E-state index in [1.54, 1.807) is 0 Å². The van der Waals surface area contributed by atoms with Crippen LogP contribution in [0.4, 0.5) is 0 Å². The monoisotopic (exact) mass is 297 g/mol. The first kappa shape index (κ1) is 10.4. The minimum absolute atomic E-state index is 0.828. The van der Waals surface area contributed by atoms with Crippen molar-refractivity contribution in [2.75, 3.05) is 0 Å². The zero-order valence-electron chi connectivity index (χ0n) is 6.92. The Morgan fingerprint density at radius 3 is 2.33 bits per heavy atom. The Hall–Kier alpha value is 0.300. The molecule has 0 atom stereocenters. The molecule has 0 aromatic heterocycles. The molecule has 65 valence electrons. The molecule has 1 radical (unpaired) electrons. The van der Waals surface area contributed by atoms with Crippen LogP contribution in [0.1, 0.15) is 18.4 Å². The van der Waals surface area contributed by atoms with E-state index >= 15 is 0 Å². The van der Waals surface area contributed by atoms with Gasteiger partial charge in [0.25, 0.3) is 0 Å². The van der Waals surface area contributed by atoms with Crippen LogP contribution in [-0.2, 0) is 6.42 Å². The third-order valence-electron chi connectivity index (χ3n) is 1.77. The zero-order chi connectivity index (χ0) is 8.81. The van der Waals surface area contributed by atoms with Crippen LogP contribution in [0.5, 0.6) is 0 Å². The van der Waals surface area contributed by atoms with Gasteiger partial charge in [-0.05, 0) is 0 Å². The van der Waals surface area contributed by atoms with Gasteiger partial charge in [0.05, 0.1) is 0 Å². The van der Waals surface area contributed by atoms with Crippen molar-refractivity contribution in [3.63, 3.8) is 0 Å². The van der Waals surface area contributed by atoms with E-state index in [2.05, 4.69) is 34.4 Å². The predicted octanol–water partition coefficient (Wildman–Crippen LogP) is 3.25. The SMILES string of the molecule is Clc1ccc(CCCC[Te])cc1. The number of rotatable bonds is 4. The van der Waals surface area contributed by atoms with Gasteiger partial charge in [-0.15, -0.1) is 0 Å². The average Bonchev–Trinajstić information content (AvgIpc) is 2.09. The fourth-order valence-corrected chi connectivity index (χ4v) is 1.79. The summed E-state index contributed by atoms with van der Waals surface area (Å²) in [5, 5.41) is 0.828. The first-order chi connectivity index (χ1) is 5.83. The van der Waals surface area contributed by atoms with Crippen molar-refractivity contribution in [2.24, 2.45) is 0 Å². The standard InChI is InChI=1S/C10H12ClTe/c11-10-6-4-9(5-7-10)3-1-2-8-12/h4-7H,1-3,8H2. The maximum absolute atomic E-state index is 5.77. The molecule has 0 heterocycles. The molecule has 2 heteroatoms. The Balaban J connectivity index is 2.37. The third-order valence-corrected chi connectivity index (χ3v) is 2.85. The Kier molecular flexibility index (Phi) is 5.07. The summed E-state index contributed by atoms with van der Waals surface area (Å²) >= 11 is 7.93. The summed E-state index contributed by atoms with van der Waals surface area (Å²) in [5.74, 6) is 0. The molecular weight excluding hydrogens is 283 g/mol. The second kappa shape index (κ2) is 5.86. The van der Waals surface area contributed by atoms with Crippen molar-refractivity contribution < 1.29 is 0 Å². The van der Waals surface area contributed by atoms with Gasteiger partial charge in [0.1, 0.15) is 0 Å². The van der Waals surface area contributed by atoms with Crippen LogP contribution in [0.15, 0.2) is 24.3 Å². The molecule has 0 amide bonds. The summed E-state index contributed by atoms with van der Waals surface area (Å²) in [5.41, 5.74) is 1.40. The quantitative estimate of drug-likeness (QED) is 0.591. The van der Waals surface area contributed by atoms with Crippen LogP contribution in [0.2, 0.25) is 9.49 Å². The molecule has 0 aliphatic heterocycles. The van der Waals surface area contributed by atoms with Gasteiger partial charge < -0.3 is 0 Å². The first-order valence-corrected chi connectivity index (χ1v) is 6.18. The number of halogens is 1. The van der Waals surface area contributed by atoms with E-state index in [9.17, 15) is 0 Å². The van der Waals surface area contributed by atoms with Gasteiger partial charge >= 0.3 is 92.5 Å². The predicted molar refractivity (Wildman–Crippen MR) is 55.0 cm³/mol. The fourth-order valence-electron chi connectivity index (χ4n) is 1.08. The van der Waals surface area contributed by atoms with Crippen LogP contribution in [0.25, 0.3) is 0 Å². The number of hydrogen-bond acceptors (Lipinski definition) is 0. The topological polar surface area (TPSA) is 0 Å². The van der Waals surface area contributed by atoms with Gasteiger partial charge in [0.15, 0.2) is 0 Å². The normalized spacial score (nSPS) is 10.2. The Labute approximate surface area is 92.2 Å². The van der Waals surface area contributed by atoms with Crippen molar-refractivity contribution in [3.8, 4) is 0 Å². The molecule has 0 fully saturated rings. The van der Waals surface area contributed by atoms with Crippen molar-refractivity contribution >= 4 is 33.9 Å². The summed E-state index contributed by atoms with van der Waals surface area (Å²) < 4.78 is 1.30. The van der Waals surface area contributed by atoms with E-state index < -0.39 is 0 Å². The molecular formula is C10H12ClTe. The molecule has 1 rings (SSSR count). The molecule has 12 heavy (non-hydrogen) atoms. The molecule has 0 aliphatic carbocycles. The second-order valence-electron chi connectivity index (χ2n) is 2.79. The Bertz CT molecular complexity index is 218. The van der Waals surface area contributed by atoms with Gasteiger partial charge in [-0.3, -0.25) is 0 Å². The van der Waals surface area contributed by atoms with Gasteiger partial charge in [-0.25, -0.2) is 0 Å². The molecule has 0 nitrogen and oxygen atoms in total. The summed E-state index contributed by atoms with van der Waals surface area (Å²) in [7, 11) is 0. The van der Waals surface area contributed by atoms with Crippen LogP contribution < -0.4 is 0 Å². The summed E-state index contributed by atoms with van der Waals surface area (Å²) in [4.78, 5) is 0. The summed E-state index contributed by atoms with van der Waals surface area (Å²) in [6.07, 6.45) is 3.81. The number of hydrogen-bond donors (Lipinski definition) is 0. The van der Waals surface area contributed by atoms with Crippen LogP contribution in [-0.4, -0.2) is 22.3 Å². The molecule has 0 N–H and O–H groups in total. The van der Waals surface area contributed by atoms with Crippen molar-refractivity contribution in [1.82, 2.24) is 0 Å².